The Labute approximate surface area is 122 Å². The maximum absolute atomic E-state index is 13.4. The topological polar surface area (TPSA) is 61.4 Å². The Kier molecular flexibility index (Phi) is 3.88. The molecule has 2 aliphatic rings. The first-order valence-electron chi connectivity index (χ1n) is 7.21. The summed E-state index contributed by atoms with van der Waals surface area (Å²) in [5.74, 6) is -0.456. The molecule has 0 aliphatic carbocycles. The van der Waals surface area contributed by atoms with Gasteiger partial charge in [0.2, 0.25) is 11.8 Å². The second-order valence-electron chi connectivity index (χ2n) is 5.47. The Morgan fingerprint density at radius 2 is 2.24 bits per heavy atom. The maximum atomic E-state index is 13.4. The van der Waals surface area contributed by atoms with Gasteiger partial charge in [-0.2, -0.15) is 0 Å². The van der Waals surface area contributed by atoms with E-state index in [4.69, 9.17) is 0 Å². The molecule has 3 rings (SSSR count). The summed E-state index contributed by atoms with van der Waals surface area (Å²) in [7, 11) is 0. The Bertz CT molecular complexity index is 564. The first-order valence-corrected chi connectivity index (χ1v) is 7.21. The number of carbonyl (C=O) groups excluding carboxylic acids is 2. The van der Waals surface area contributed by atoms with Crippen LogP contribution in [0.1, 0.15) is 24.4 Å². The van der Waals surface area contributed by atoms with E-state index < -0.39 is 6.04 Å². The van der Waals surface area contributed by atoms with Crippen molar-refractivity contribution < 1.29 is 14.0 Å². The van der Waals surface area contributed by atoms with Gasteiger partial charge in [0.15, 0.2) is 0 Å². The zero-order valence-corrected chi connectivity index (χ0v) is 11.6. The van der Waals surface area contributed by atoms with Gasteiger partial charge in [-0.15, -0.1) is 0 Å². The van der Waals surface area contributed by atoms with Crippen LogP contribution in [-0.2, 0) is 9.59 Å². The van der Waals surface area contributed by atoms with Crippen LogP contribution in [0.5, 0.6) is 0 Å². The molecule has 1 aromatic carbocycles. The van der Waals surface area contributed by atoms with Crippen LogP contribution < -0.4 is 10.6 Å². The number of hydrogen-bond donors (Lipinski definition) is 2. The molecule has 2 atom stereocenters. The van der Waals surface area contributed by atoms with Gasteiger partial charge in [-0.1, -0.05) is 12.1 Å². The van der Waals surface area contributed by atoms with Gasteiger partial charge in [-0.3, -0.25) is 9.59 Å². The van der Waals surface area contributed by atoms with Gasteiger partial charge >= 0.3 is 0 Å². The van der Waals surface area contributed by atoms with Gasteiger partial charge in [-0.25, -0.2) is 4.39 Å². The predicted molar refractivity (Wildman–Crippen MR) is 74.9 cm³/mol. The number of halogens is 1. The first kappa shape index (κ1) is 14.0. The molecule has 2 aliphatic heterocycles. The lowest BCUT2D eigenvalue weighted by Crippen LogP contribution is -2.53. The molecule has 0 aromatic heterocycles. The van der Waals surface area contributed by atoms with Gasteiger partial charge in [0, 0.05) is 26.1 Å². The second-order valence-corrected chi connectivity index (χ2v) is 5.47. The molecule has 0 bridgehead atoms. The molecule has 2 saturated heterocycles. The van der Waals surface area contributed by atoms with E-state index >= 15 is 0 Å². The fourth-order valence-corrected chi connectivity index (χ4v) is 2.98. The van der Waals surface area contributed by atoms with Crippen molar-refractivity contribution in [1.29, 1.82) is 0 Å². The van der Waals surface area contributed by atoms with Crippen molar-refractivity contribution in [3.63, 3.8) is 0 Å². The Morgan fingerprint density at radius 3 is 2.95 bits per heavy atom. The van der Waals surface area contributed by atoms with E-state index in [-0.39, 0.29) is 23.7 Å². The summed E-state index contributed by atoms with van der Waals surface area (Å²) in [6.07, 6.45) is 0.935. The minimum Gasteiger partial charge on any atom is -0.344 e. The molecule has 5 nitrogen and oxygen atoms in total. The maximum Gasteiger partial charge on any atom is 0.245 e. The van der Waals surface area contributed by atoms with E-state index in [0.29, 0.717) is 32.5 Å². The van der Waals surface area contributed by atoms with Gasteiger partial charge in [0.05, 0.1) is 6.04 Å². The number of nitrogens with one attached hydrogen (secondary N) is 2. The van der Waals surface area contributed by atoms with E-state index in [1.807, 2.05) is 6.07 Å². The standard InChI is InChI=1S/C15H18FN3O2/c16-11-3-1-2-10(8-11)13-9-17-6-7-19(13)15(21)12-4-5-14(20)18-12/h1-3,8,12-13,17H,4-7,9H2,(H,18,20)/t12-,13?/m1/s1. The predicted octanol–water partition coefficient (Wildman–Crippen LogP) is 0.577. The molecule has 21 heavy (non-hydrogen) atoms. The van der Waals surface area contributed by atoms with Crippen LogP contribution in [0.3, 0.4) is 0 Å². The van der Waals surface area contributed by atoms with E-state index in [1.165, 1.54) is 12.1 Å². The lowest BCUT2D eigenvalue weighted by molar-refractivity contribution is -0.137. The average molecular weight is 291 g/mol. The van der Waals surface area contributed by atoms with Crippen molar-refractivity contribution in [2.45, 2.75) is 24.9 Å². The molecule has 0 radical (unpaired) electrons. The summed E-state index contributed by atoms with van der Waals surface area (Å²) in [6, 6.07) is 5.70. The van der Waals surface area contributed by atoms with E-state index in [0.717, 1.165) is 5.56 Å². The molecule has 0 spiro atoms. The molecular weight excluding hydrogens is 273 g/mol. The van der Waals surface area contributed by atoms with Crippen LogP contribution in [0.15, 0.2) is 24.3 Å². The summed E-state index contributed by atoms with van der Waals surface area (Å²) < 4.78 is 13.4. The highest BCUT2D eigenvalue weighted by molar-refractivity contribution is 5.91. The minimum absolute atomic E-state index is 0.0726. The Hall–Kier alpha value is -1.95. The normalized spacial score (nSPS) is 25.8. The highest BCUT2D eigenvalue weighted by Gasteiger charge is 2.35. The van der Waals surface area contributed by atoms with E-state index in [1.54, 1.807) is 11.0 Å². The lowest BCUT2D eigenvalue weighted by Gasteiger charge is -2.38. The molecule has 2 N–H and O–H groups in total. The molecular formula is C15H18FN3O2. The quantitative estimate of drug-likeness (QED) is 0.838. The zero-order chi connectivity index (χ0) is 14.8. The van der Waals surface area contributed by atoms with Crippen molar-refractivity contribution in [1.82, 2.24) is 15.5 Å². The fraction of sp³-hybridized carbons (Fsp3) is 0.467. The molecule has 112 valence electrons. The Morgan fingerprint density at radius 1 is 1.38 bits per heavy atom. The monoisotopic (exact) mass is 291 g/mol. The van der Waals surface area contributed by atoms with Crippen molar-refractivity contribution in [2.24, 2.45) is 0 Å². The van der Waals surface area contributed by atoms with Crippen LogP contribution in [-0.4, -0.2) is 42.4 Å². The smallest absolute Gasteiger partial charge is 0.245 e. The largest absolute Gasteiger partial charge is 0.344 e. The molecule has 1 unspecified atom stereocenters. The fourth-order valence-electron chi connectivity index (χ4n) is 2.98. The molecule has 2 heterocycles. The van der Waals surface area contributed by atoms with Gasteiger partial charge in [0.25, 0.3) is 0 Å². The number of benzene rings is 1. The minimum atomic E-state index is -0.438. The van der Waals surface area contributed by atoms with Crippen LogP contribution in [0.4, 0.5) is 4.39 Å². The van der Waals surface area contributed by atoms with Crippen LogP contribution in [0, 0.1) is 5.82 Å². The van der Waals surface area contributed by atoms with Crippen LogP contribution in [0.25, 0.3) is 0 Å². The molecule has 0 saturated carbocycles. The zero-order valence-electron chi connectivity index (χ0n) is 11.6. The summed E-state index contributed by atoms with van der Waals surface area (Å²) >= 11 is 0. The number of piperazine rings is 1. The summed E-state index contributed by atoms with van der Waals surface area (Å²) in [5, 5.41) is 5.94. The summed E-state index contributed by atoms with van der Waals surface area (Å²) in [6.45, 7) is 1.86. The molecule has 1 aromatic rings. The summed E-state index contributed by atoms with van der Waals surface area (Å²) in [4.78, 5) is 25.6. The molecule has 6 heteroatoms. The number of carbonyl (C=O) groups is 2. The number of nitrogens with zero attached hydrogens (tertiary/aromatic N) is 1. The summed E-state index contributed by atoms with van der Waals surface area (Å²) in [5.41, 5.74) is 0.778. The van der Waals surface area contributed by atoms with Gasteiger partial charge < -0.3 is 15.5 Å². The SMILES string of the molecule is O=C1CC[C@H](C(=O)N2CCNCC2c2cccc(F)c2)N1. The van der Waals surface area contributed by atoms with Gasteiger partial charge in [0.1, 0.15) is 11.9 Å². The second kappa shape index (κ2) is 5.81. The highest BCUT2D eigenvalue weighted by Crippen LogP contribution is 2.25. The average Bonchev–Trinajstić information content (AvgIpc) is 2.93. The van der Waals surface area contributed by atoms with E-state index in [2.05, 4.69) is 10.6 Å². The third-order valence-electron chi connectivity index (χ3n) is 4.05. The highest BCUT2D eigenvalue weighted by atomic mass is 19.1. The molecule has 2 amide bonds. The molecule has 2 fully saturated rings. The van der Waals surface area contributed by atoms with Crippen LogP contribution >= 0.6 is 0 Å². The van der Waals surface area contributed by atoms with Crippen molar-refractivity contribution >= 4 is 11.8 Å². The number of hydrogen-bond acceptors (Lipinski definition) is 3. The van der Waals surface area contributed by atoms with Crippen molar-refractivity contribution in [2.75, 3.05) is 19.6 Å². The third-order valence-corrected chi connectivity index (χ3v) is 4.05. The number of amides is 2. The van der Waals surface area contributed by atoms with Gasteiger partial charge in [-0.05, 0) is 24.1 Å². The number of rotatable bonds is 2. The van der Waals surface area contributed by atoms with Crippen LogP contribution in [0.2, 0.25) is 0 Å². The third kappa shape index (κ3) is 2.90. The first-order chi connectivity index (χ1) is 10.1. The Balaban J connectivity index is 1.81. The van der Waals surface area contributed by atoms with Crippen molar-refractivity contribution in [3.05, 3.63) is 35.6 Å². The van der Waals surface area contributed by atoms with Crippen molar-refractivity contribution in [3.8, 4) is 0 Å². The lowest BCUT2D eigenvalue weighted by atomic mass is 10.0. The van der Waals surface area contributed by atoms with E-state index in [9.17, 15) is 14.0 Å².